The minimum Gasteiger partial charge on any atom is -0.403 e. The predicted octanol–water partition coefficient (Wildman–Crippen LogP) is 1.61. The minimum atomic E-state index is -2.11. The second-order valence-electron chi connectivity index (χ2n) is 3.93. The number of nitrogens with zero attached hydrogens (tertiary/aromatic N) is 2. The Kier molecular flexibility index (Phi) is 3.42. The lowest BCUT2D eigenvalue weighted by Crippen LogP contribution is -2.36. The molecule has 7 heteroatoms. The van der Waals surface area contributed by atoms with E-state index in [1.54, 1.807) is 12.1 Å². The van der Waals surface area contributed by atoms with Crippen LogP contribution < -0.4 is 16.8 Å². The molecule has 98 valence electrons. The van der Waals surface area contributed by atoms with Gasteiger partial charge in [0.1, 0.15) is 17.5 Å². The van der Waals surface area contributed by atoms with Gasteiger partial charge in [-0.25, -0.2) is 9.38 Å². The van der Waals surface area contributed by atoms with E-state index in [4.69, 9.17) is 28.3 Å². The molecule has 5 nitrogen and oxygen atoms in total. The highest BCUT2D eigenvalue weighted by Crippen LogP contribution is 2.38. The highest BCUT2D eigenvalue weighted by molar-refractivity contribution is 6.31. The zero-order valence-corrected chi connectivity index (χ0v) is 10.6. The molecule has 0 radical (unpaired) electrons. The van der Waals surface area contributed by atoms with Crippen LogP contribution in [0.15, 0.2) is 35.0 Å². The number of amidine groups is 1. The summed E-state index contributed by atoms with van der Waals surface area (Å²) >= 11 is 5.87. The van der Waals surface area contributed by atoms with Crippen LogP contribution in [0.1, 0.15) is 5.56 Å². The molecule has 0 fully saturated rings. The molecule has 0 saturated carbocycles. The molecule has 0 bridgehead atoms. The number of rotatable bonds is 2. The van der Waals surface area contributed by atoms with E-state index in [0.29, 0.717) is 10.7 Å². The van der Waals surface area contributed by atoms with E-state index >= 15 is 0 Å². The molecule has 1 heterocycles. The summed E-state index contributed by atoms with van der Waals surface area (Å²) in [5.41, 5.74) is 11.5. The summed E-state index contributed by atoms with van der Waals surface area (Å²) in [5, 5.41) is 12.2. The monoisotopic (exact) mass is 279 g/mol. The number of alkyl halides is 1. The van der Waals surface area contributed by atoms with Crippen LogP contribution in [0, 0.1) is 11.3 Å². The Labute approximate surface area is 114 Å². The number of nitrogens with two attached hydrogens (primary N) is 2. The van der Waals surface area contributed by atoms with E-state index in [9.17, 15) is 4.39 Å². The fourth-order valence-corrected chi connectivity index (χ4v) is 1.97. The van der Waals surface area contributed by atoms with Gasteiger partial charge in [0, 0.05) is 22.5 Å². The van der Waals surface area contributed by atoms with Crippen molar-refractivity contribution in [3.05, 3.63) is 40.6 Å². The van der Waals surface area contributed by atoms with Crippen molar-refractivity contribution in [1.29, 1.82) is 5.26 Å². The number of nitrogens with one attached hydrogen (secondary N) is 1. The van der Waals surface area contributed by atoms with Gasteiger partial charge in [0.15, 0.2) is 0 Å². The molecule has 1 unspecified atom stereocenters. The molecule has 0 aliphatic carbocycles. The summed E-state index contributed by atoms with van der Waals surface area (Å²) in [6, 6.07) is 6.44. The summed E-state index contributed by atoms with van der Waals surface area (Å²) in [6.45, 7) is -0.351. The van der Waals surface area contributed by atoms with Gasteiger partial charge >= 0.3 is 0 Å². The Hall–Kier alpha value is -2.10. The largest absolute Gasteiger partial charge is 0.403 e. The standard InChI is InChI=1S/C12H11ClFN5/c13-8-1-2-9-10(3-8)18-11(7(4-15)5-16)19-12(9,14)6-17/h1-4H,6,15,17H2,(H,18,19). The normalized spacial score (nSPS) is 22.0. The Balaban J connectivity index is 2.59. The van der Waals surface area contributed by atoms with Gasteiger partial charge in [0.05, 0.1) is 6.54 Å². The molecule has 1 aliphatic rings. The molecular formula is C12H11ClFN5. The van der Waals surface area contributed by atoms with Crippen LogP contribution in [0.3, 0.4) is 0 Å². The third kappa shape index (κ3) is 2.26. The van der Waals surface area contributed by atoms with Crippen molar-refractivity contribution >= 4 is 23.1 Å². The predicted molar refractivity (Wildman–Crippen MR) is 72.2 cm³/mol. The van der Waals surface area contributed by atoms with Crippen LogP contribution in [0.25, 0.3) is 0 Å². The molecule has 0 amide bonds. The van der Waals surface area contributed by atoms with Gasteiger partial charge in [-0.15, -0.1) is 0 Å². The van der Waals surface area contributed by atoms with E-state index in [0.717, 1.165) is 6.20 Å². The van der Waals surface area contributed by atoms with Crippen LogP contribution in [0.4, 0.5) is 10.1 Å². The van der Waals surface area contributed by atoms with Crippen LogP contribution in [-0.4, -0.2) is 12.4 Å². The molecule has 0 saturated heterocycles. The van der Waals surface area contributed by atoms with Crippen LogP contribution in [-0.2, 0) is 5.79 Å². The average molecular weight is 280 g/mol. The maximum Gasteiger partial charge on any atom is 0.241 e. The number of benzene rings is 1. The van der Waals surface area contributed by atoms with Gasteiger partial charge in [0.2, 0.25) is 5.79 Å². The van der Waals surface area contributed by atoms with Gasteiger partial charge in [-0.3, -0.25) is 0 Å². The van der Waals surface area contributed by atoms with Gasteiger partial charge in [-0.05, 0) is 12.1 Å². The molecule has 0 aromatic heterocycles. The van der Waals surface area contributed by atoms with E-state index in [1.165, 1.54) is 6.07 Å². The molecule has 1 aromatic carbocycles. The number of nitriles is 1. The van der Waals surface area contributed by atoms with Gasteiger partial charge in [0.25, 0.3) is 0 Å². The fourth-order valence-electron chi connectivity index (χ4n) is 1.80. The lowest BCUT2D eigenvalue weighted by molar-refractivity contribution is 0.188. The molecule has 1 aromatic rings. The number of halogens is 2. The first kappa shape index (κ1) is 13.3. The summed E-state index contributed by atoms with van der Waals surface area (Å²) in [5.74, 6) is -2.07. The minimum absolute atomic E-state index is 0.0288. The van der Waals surface area contributed by atoms with Crippen molar-refractivity contribution in [2.75, 3.05) is 11.9 Å². The van der Waals surface area contributed by atoms with E-state index in [-0.39, 0.29) is 23.5 Å². The third-order valence-corrected chi connectivity index (χ3v) is 2.98. The average Bonchev–Trinajstić information content (AvgIpc) is 2.39. The van der Waals surface area contributed by atoms with Crippen molar-refractivity contribution in [1.82, 2.24) is 0 Å². The molecule has 19 heavy (non-hydrogen) atoms. The van der Waals surface area contributed by atoms with E-state index < -0.39 is 5.79 Å². The van der Waals surface area contributed by atoms with Crippen molar-refractivity contribution in [3.8, 4) is 6.07 Å². The first-order valence-electron chi connectivity index (χ1n) is 5.42. The van der Waals surface area contributed by atoms with Crippen LogP contribution in [0.2, 0.25) is 5.02 Å². The number of fused-ring (bicyclic) bond motifs is 1. The zero-order valence-electron chi connectivity index (χ0n) is 9.82. The maximum absolute atomic E-state index is 14.7. The number of hydrogen-bond acceptors (Lipinski definition) is 5. The smallest absolute Gasteiger partial charge is 0.241 e. The Morgan fingerprint density at radius 2 is 2.37 bits per heavy atom. The quantitative estimate of drug-likeness (QED) is 0.565. The number of anilines is 1. The van der Waals surface area contributed by atoms with E-state index in [1.807, 2.05) is 6.07 Å². The van der Waals surface area contributed by atoms with Gasteiger partial charge < -0.3 is 16.8 Å². The lowest BCUT2D eigenvalue weighted by Gasteiger charge is -2.29. The summed E-state index contributed by atoms with van der Waals surface area (Å²) in [4.78, 5) is 3.85. The van der Waals surface area contributed by atoms with Crippen LogP contribution in [0.5, 0.6) is 0 Å². The summed E-state index contributed by atoms with van der Waals surface area (Å²) < 4.78 is 14.7. The molecule has 5 N–H and O–H groups in total. The van der Waals surface area contributed by atoms with Crippen molar-refractivity contribution in [2.24, 2.45) is 16.5 Å². The van der Waals surface area contributed by atoms with Crippen molar-refractivity contribution in [3.63, 3.8) is 0 Å². The van der Waals surface area contributed by atoms with Gasteiger partial charge in [-0.2, -0.15) is 5.26 Å². The lowest BCUT2D eigenvalue weighted by atomic mass is 10.00. The number of aliphatic imine (C=N–C) groups is 1. The molecule has 0 spiro atoms. The zero-order chi connectivity index (χ0) is 14.0. The third-order valence-electron chi connectivity index (χ3n) is 2.75. The topological polar surface area (TPSA) is 100 Å². The molecular weight excluding hydrogens is 269 g/mol. The van der Waals surface area contributed by atoms with Crippen molar-refractivity contribution in [2.45, 2.75) is 5.79 Å². The Morgan fingerprint density at radius 3 is 2.95 bits per heavy atom. The summed E-state index contributed by atoms with van der Waals surface area (Å²) in [7, 11) is 0. The molecule has 1 atom stereocenters. The highest BCUT2D eigenvalue weighted by Gasteiger charge is 2.37. The molecule has 2 rings (SSSR count). The van der Waals surface area contributed by atoms with Crippen molar-refractivity contribution < 1.29 is 4.39 Å². The SMILES string of the molecule is N#CC(=CN)C1=NC(F)(CN)c2ccc(Cl)cc2N1. The number of hydrogen-bond donors (Lipinski definition) is 3. The first-order valence-corrected chi connectivity index (χ1v) is 5.80. The highest BCUT2D eigenvalue weighted by atomic mass is 35.5. The van der Waals surface area contributed by atoms with Gasteiger partial charge in [-0.1, -0.05) is 17.7 Å². The second kappa shape index (κ2) is 4.88. The van der Waals surface area contributed by atoms with E-state index in [2.05, 4.69) is 10.3 Å². The first-order chi connectivity index (χ1) is 9.04. The molecule has 1 aliphatic heterocycles. The fraction of sp³-hybridized carbons (Fsp3) is 0.167. The Morgan fingerprint density at radius 1 is 1.63 bits per heavy atom. The second-order valence-corrected chi connectivity index (χ2v) is 4.37. The Bertz CT molecular complexity index is 619. The maximum atomic E-state index is 14.7. The van der Waals surface area contributed by atoms with Crippen LogP contribution >= 0.6 is 11.6 Å². The summed E-state index contributed by atoms with van der Waals surface area (Å²) in [6.07, 6.45) is 1.05.